The van der Waals surface area contributed by atoms with E-state index < -0.39 is 0 Å². The number of rotatable bonds is 3. The van der Waals surface area contributed by atoms with Crippen LogP contribution >= 0.6 is 0 Å². The largest absolute Gasteiger partial charge is 0.507 e. The summed E-state index contributed by atoms with van der Waals surface area (Å²) >= 11 is 0. The van der Waals surface area contributed by atoms with Crippen LogP contribution in [0.25, 0.3) is 6.08 Å². The van der Waals surface area contributed by atoms with Gasteiger partial charge >= 0.3 is 0 Å². The highest BCUT2D eigenvalue weighted by Crippen LogP contribution is 2.41. The number of ether oxygens (including phenoxy) is 2. The number of hydrogen-bond donors (Lipinski definition) is 2. The Balaban J connectivity index is 1.71. The van der Waals surface area contributed by atoms with Crippen LogP contribution in [0.15, 0.2) is 36.4 Å². The van der Waals surface area contributed by atoms with Gasteiger partial charge in [0.1, 0.15) is 25.4 Å². The molecule has 3 heterocycles. The number of aromatic hydroxyl groups is 1. The Morgan fingerprint density at radius 2 is 2.00 bits per heavy atom. The predicted molar refractivity (Wildman–Crippen MR) is 95.2 cm³/mol. The van der Waals surface area contributed by atoms with Crippen LogP contribution in [0.4, 0.5) is 0 Å². The molecule has 2 aliphatic heterocycles. The van der Waals surface area contributed by atoms with Crippen molar-refractivity contribution in [2.45, 2.75) is 13.5 Å². The molecule has 0 aliphatic carbocycles. The SMILES string of the molecule is Cc1cc(O)c(C[NH+]2CCOCC2)c2c1C(=O)/C(=C/c1ccncc1)O2. The Hall–Kier alpha value is -2.70. The van der Waals surface area contributed by atoms with Crippen molar-refractivity contribution in [3.05, 3.63) is 58.6 Å². The summed E-state index contributed by atoms with van der Waals surface area (Å²) in [6.07, 6.45) is 5.05. The topological polar surface area (TPSA) is 73.1 Å². The third-order valence-corrected chi connectivity index (χ3v) is 4.85. The van der Waals surface area contributed by atoms with Crippen LogP contribution in [0.3, 0.4) is 0 Å². The van der Waals surface area contributed by atoms with Gasteiger partial charge in [-0.1, -0.05) is 0 Å². The smallest absolute Gasteiger partial charge is 0.232 e. The van der Waals surface area contributed by atoms with E-state index >= 15 is 0 Å². The second kappa shape index (κ2) is 6.90. The van der Waals surface area contributed by atoms with Crippen LogP contribution in [0, 0.1) is 6.92 Å². The Labute approximate surface area is 151 Å². The van der Waals surface area contributed by atoms with Gasteiger partial charge in [0.2, 0.25) is 5.78 Å². The summed E-state index contributed by atoms with van der Waals surface area (Å²) in [7, 11) is 0. The summed E-state index contributed by atoms with van der Waals surface area (Å²) in [6, 6.07) is 5.29. The number of nitrogens with zero attached hydrogens (tertiary/aromatic N) is 1. The zero-order valence-electron chi connectivity index (χ0n) is 14.6. The van der Waals surface area contributed by atoms with Crippen LogP contribution in [0.5, 0.6) is 11.5 Å². The number of nitrogens with one attached hydrogen (secondary N) is 1. The highest BCUT2D eigenvalue weighted by molar-refractivity contribution is 6.15. The molecule has 0 radical (unpaired) electrons. The van der Waals surface area contributed by atoms with E-state index in [4.69, 9.17) is 9.47 Å². The summed E-state index contributed by atoms with van der Waals surface area (Å²) in [4.78, 5) is 18.1. The number of benzene rings is 1. The van der Waals surface area contributed by atoms with Crippen molar-refractivity contribution >= 4 is 11.9 Å². The van der Waals surface area contributed by atoms with Crippen molar-refractivity contribution in [1.29, 1.82) is 0 Å². The summed E-state index contributed by atoms with van der Waals surface area (Å²) in [5.74, 6) is 0.802. The van der Waals surface area contributed by atoms with Crippen LogP contribution in [-0.2, 0) is 11.3 Å². The number of pyridine rings is 1. The minimum Gasteiger partial charge on any atom is -0.507 e. The molecule has 0 saturated carbocycles. The molecule has 1 fully saturated rings. The zero-order chi connectivity index (χ0) is 18.1. The van der Waals surface area contributed by atoms with Crippen molar-refractivity contribution in [3.63, 3.8) is 0 Å². The van der Waals surface area contributed by atoms with Gasteiger partial charge < -0.3 is 19.5 Å². The van der Waals surface area contributed by atoms with Gasteiger partial charge in [-0.3, -0.25) is 9.78 Å². The van der Waals surface area contributed by atoms with E-state index in [0.29, 0.717) is 36.6 Å². The molecule has 6 nitrogen and oxygen atoms in total. The fourth-order valence-corrected chi connectivity index (χ4v) is 3.45. The highest BCUT2D eigenvalue weighted by Gasteiger charge is 2.34. The Kier molecular flexibility index (Phi) is 4.44. The monoisotopic (exact) mass is 353 g/mol. The third-order valence-electron chi connectivity index (χ3n) is 4.85. The van der Waals surface area contributed by atoms with E-state index in [1.165, 1.54) is 4.90 Å². The first-order chi connectivity index (χ1) is 12.6. The molecule has 0 atom stereocenters. The highest BCUT2D eigenvalue weighted by atomic mass is 16.5. The van der Waals surface area contributed by atoms with Crippen LogP contribution < -0.4 is 9.64 Å². The van der Waals surface area contributed by atoms with E-state index in [1.54, 1.807) is 24.5 Å². The first kappa shape index (κ1) is 16.8. The van der Waals surface area contributed by atoms with Gasteiger partial charge in [0.15, 0.2) is 11.5 Å². The van der Waals surface area contributed by atoms with Crippen LogP contribution in [0.2, 0.25) is 0 Å². The van der Waals surface area contributed by atoms with Crippen molar-refractivity contribution in [3.8, 4) is 11.5 Å². The number of aryl methyl sites for hydroxylation is 1. The Morgan fingerprint density at radius 1 is 1.27 bits per heavy atom. The lowest BCUT2D eigenvalue weighted by molar-refractivity contribution is -0.921. The third kappa shape index (κ3) is 3.09. The minimum atomic E-state index is -0.146. The fourth-order valence-electron chi connectivity index (χ4n) is 3.45. The van der Waals surface area contributed by atoms with Gasteiger partial charge in [0, 0.05) is 12.4 Å². The molecule has 6 heteroatoms. The molecule has 134 valence electrons. The molecule has 1 aromatic heterocycles. The van der Waals surface area contributed by atoms with Gasteiger partial charge in [0.05, 0.1) is 24.3 Å². The number of fused-ring (bicyclic) bond motifs is 1. The Bertz CT molecular complexity index is 871. The molecule has 0 unspecified atom stereocenters. The number of carbonyl (C=O) groups excluding carboxylic acids is 1. The molecule has 2 N–H and O–H groups in total. The lowest BCUT2D eigenvalue weighted by Crippen LogP contribution is -3.12. The molecule has 26 heavy (non-hydrogen) atoms. The van der Waals surface area contributed by atoms with Gasteiger partial charge in [-0.25, -0.2) is 0 Å². The quantitative estimate of drug-likeness (QED) is 0.810. The normalized spacial score (nSPS) is 18.8. The van der Waals surface area contributed by atoms with Gasteiger partial charge in [-0.15, -0.1) is 0 Å². The summed E-state index contributed by atoms with van der Waals surface area (Å²) in [5.41, 5.74) is 2.81. The molecule has 2 aromatic rings. The minimum absolute atomic E-state index is 0.146. The van der Waals surface area contributed by atoms with E-state index in [9.17, 15) is 9.90 Å². The number of Topliss-reactive ketones (excluding diaryl/α,β-unsaturated/α-hetero) is 1. The fraction of sp³-hybridized carbons (Fsp3) is 0.300. The molecule has 0 bridgehead atoms. The lowest BCUT2D eigenvalue weighted by atomic mass is 9.99. The van der Waals surface area contributed by atoms with Crippen molar-refractivity contribution in [1.82, 2.24) is 4.98 Å². The first-order valence-electron chi connectivity index (χ1n) is 8.74. The number of morpholine rings is 1. The summed E-state index contributed by atoms with van der Waals surface area (Å²) < 4.78 is 11.3. The second-order valence-corrected chi connectivity index (χ2v) is 6.65. The number of quaternary nitrogens is 1. The molecular formula is C20H21N2O4+. The average Bonchev–Trinajstić information content (AvgIpc) is 2.97. The van der Waals surface area contributed by atoms with E-state index in [0.717, 1.165) is 24.2 Å². The maximum atomic E-state index is 12.9. The average molecular weight is 353 g/mol. The number of ketones is 1. The summed E-state index contributed by atoms with van der Waals surface area (Å²) in [6.45, 7) is 5.58. The van der Waals surface area contributed by atoms with E-state index in [1.807, 2.05) is 19.1 Å². The first-order valence-corrected chi connectivity index (χ1v) is 8.74. The number of carbonyl (C=O) groups is 1. The molecule has 1 saturated heterocycles. The number of phenolic OH excluding ortho intramolecular Hbond substituents is 1. The molecular weight excluding hydrogens is 332 g/mol. The second-order valence-electron chi connectivity index (χ2n) is 6.65. The molecule has 4 rings (SSSR count). The molecule has 0 amide bonds. The van der Waals surface area contributed by atoms with Gasteiger partial charge in [-0.05, 0) is 42.3 Å². The Morgan fingerprint density at radius 3 is 2.73 bits per heavy atom. The predicted octanol–water partition coefficient (Wildman–Crippen LogP) is 1.13. The zero-order valence-corrected chi connectivity index (χ0v) is 14.6. The van der Waals surface area contributed by atoms with Crippen LogP contribution in [-0.4, -0.2) is 42.2 Å². The van der Waals surface area contributed by atoms with E-state index in [2.05, 4.69) is 4.98 Å². The van der Waals surface area contributed by atoms with Crippen LogP contribution in [0.1, 0.15) is 27.0 Å². The number of aromatic nitrogens is 1. The van der Waals surface area contributed by atoms with Crippen molar-refractivity contribution in [2.75, 3.05) is 26.3 Å². The molecule has 1 aromatic carbocycles. The molecule has 2 aliphatic rings. The standard InChI is InChI=1S/C20H20N2O4/c1-13-10-16(23)15(12-22-6-8-25-9-7-22)20-18(13)19(24)17(26-20)11-14-2-4-21-5-3-14/h2-5,10-11,23H,6-9,12H2,1H3/p+1/b17-11-. The van der Waals surface area contributed by atoms with E-state index in [-0.39, 0.29) is 17.3 Å². The number of phenols is 1. The molecule has 0 spiro atoms. The van der Waals surface area contributed by atoms with Gasteiger partial charge in [0.25, 0.3) is 0 Å². The maximum Gasteiger partial charge on any atom is 0.232 e. The number of allylic oxidation sites excluding steroid dienone is 1. The number of hydrogen-bond acceptors (Lipinski definition) is 5. The summed E-state index contributed by atoms with van der Waals surface area (Å²) in [5, 5.41) is 10.5. The van der Waals surface area contributed by atoms with Crippen molar-refractivity contribution < 1.29 is 24.3 Å². The van der Waals surface area contributed by atoms with Crippen molar-refractivity contribution in [2.24, 2.45) is 0 Å². The maximum absolute atomic E-state index is 12.9. The van der Waals surface area contributed by atoms with Gasteiger partial charge in [-0.2, -0.15) is 0 Å². The lowest BCUT2D eigenvalue weighted by Gasteiger charge is -2.24.